The van der Waals surface area contributed by atoms with E-state index in [-0.39, 0.29) is 24.8 Å². The van der Waals surface area contributed by atoms with E-state index in [4.69, 9.17) is 16.7 Å². The van der Waals surface area contributed by atoms with Crippen molar-refractivity contribution < 1.29 is 19.5 Å². The molecule has 24 heavy (non-hydrogen) atoms. The molecule has 0 aromatic heterocycles. The molecular weight excluding hydrogens is 332 g/mol. The number of aliphatic carboxylic acids is 1. The lowest BCUT2D eigenvalue weighted by Gasteiger charge is -2.32. The quantitative estimate of drug-likeness (QED) is 0.904. The maximum absolute atomic E-state index is 12.7. The molecule has 7 heteroatoms. The molecule has 2 aliphatic rings. The molecule has 0 saturated carbocycles. The fourth-order valence-corrected chi connectivity index (χ4v) is 3.51. The number of rotatable bonds is 3. The van der Waals surface area contributed by atoms with Gasteiger partial charge in [-0.1, -0.05) is 11.6 Å². The topological polar surface area (TPSA) is 77.9 Å². The average molecular weight is 351 g/mol. The van der Waals surface area contributed by atoms with Crippen molar-refractivity contribution in [3.63, 3.8) is 0 Å². The van der Waals surface area contributed by atoms with Gasteiger partial charge in [-0.3, -0.25) is 14.4 Å². The van der Waals surface area contributed by atoms with Crippen molar-refractivity contribution in [1.29, 1.82) is 0 Å². The Morgan fingerprint density at radius 3 is 2.50 bits per heavy atom. The number of halogens is 1. The van der Waals surface area contributed by atoms with E-state index in [2.05, 4.69) is 0 Å². The van der Waals surface area contributed by atoms with Crippen LogP contribution >= 0.6 is 11.6 Å². The molecule has 2 heterocycles. The molecule has 0 bridgehead atoms. The molecule has 2 saturated heterocycles. The van der Waals surface area contributed by atoms with Gasteiger partial charge in [-0.2, -0.15) is 0 Å². The molecule has 0 spiro atoms. The van der Waals surface area contributed by atoms with E-state index < -0.39 is 17.8 Å². The van der Waals surface area contributed by atoms with E-state index in [0.29, 0.717) is 31.0 Å². The third kappa shape index (κ3) is 3.38. The minimum absolute atomic E-state index is 0.0949. The maximum Gasteiger partial charge on any atom is 0.308 e. The van der Waals surface area contributed by atoms with Gasteiger partial charge in [0.2, 0.25) is 11.8 Å². The van der Waals surface area contributed by atoms with Gasteiger partial charge in [0, 0.05) is 36.8 Å². The summed E-state index contributed by atoms with van der Waals surface area (Å²) >= 11 is 5.86. The minimum atomic E-state index is -0.863. The lowest BCUT2D eigenvalue weighted by atomic mass is 9.96. The number of anilines is 1. The fraction of sp³-hybridized carbons (Fsp3) is 0.471. The van der Waals surface area contributed by atoms with Crippen LogP contribution in [-0.4, -0.2) is 47.4 Å². The first-order valence-corrected chi connectivity index (χ1v) is 8.41. The summed E-state index contributed by atoms with van der Waals surface area (Å²) in [6.45, 7) is 1.13. The van der Waals surface area contributed by atoms with Crippen molar-refractivity contribution in [3.8, 4) is 0 Å². The van der Waals surface area contributed by atoms with Gasteiger partial charge in [0.15, 0.2) is 0 Å². The molecule has 3 rings (SSSR count). The molecule has 1 aromatic carbocycles. The molecule has 2 atom stereocenters. The summed E-state index contributed by atoms with van der Waals surface area (Å²) in [6, 6.07) is 6.94. The van der Waals surface area contributed by atoms with E-state index in [0.717, 1.165) is 5.69 Å². The van der Waals surface area contributed by atoms with Crippen LogP contribution in [0.3, 0.4) is 0 Å². The molecule has 1 N–H and O–H groups in total. The highest BCUT2D eigenvalue weighted by atomic mass is 35.5. The van der Waals surface area contributed by atoms with Gasteiger partial charge in [0.1, 0.15) is 0 Å². The van der Waals surface area contributed by atoms with Crippen LogP contribution in [0.4, 0.5) is 5.69 Å². The summed E-state index contributed by atoms with van der Waals surface area (Å²) < 4.78 is 0. The zero-order valence-electron chi connectivity index (χ0n) is 13.2. The number of amides is 2. The summed E-state index contributed by atoms with van der Waals surface area (Å²) in [5.41, 5.74) is 0.724. The minimum Gasteiger partial charge on any atom is -0.481 e. The van der Waals surface area contributed by atoms with E-state index in [1.165, 1.54) is 0 Å². The van der Waals surface area contributed by atoms with Gasteiger partial charge in [-0.05, 0) is 37.1 Å². The van der Waals surface area contributed by atoms with Gasteiger partial charge in [-0.25, -0.2) is 0 Å². The van der Waals surface area contributed by atoms with Gasteiger partial charge in [-0.15, -0.1) is 0 Å². The highest BCUT2D eigenvalue weighted by Crippen LogP contribution is 2.28. The Kier molecular flexibility index (Phi) is 4.76. The Morgan fingerprint density at radius 1 is 1.12 bits per heavy atom. The Bertz CT molecular complexity index is 661. The number of nitrogens with zero attached hydrogens (tertiary/aromatic N) is 2. The molecule has 1 unspecified atom stereocenters. The summed E-state index contributed by atoms with van der Waals surface area (Å²) in [7, 11) is 0. The van der Waals surface area contributed by atoms with Crippen molar-refractivity contribution in [2.24, 2.45) is 11.8 Å². The van der Waals surface area contributed by atoms with Gasteiger partial charge in [0.05, 0.1) is 11.8 Å². The van der Waals surface area contributed by atoms with Crippen LogP contribution < -0.4 is 4.90 Å². The van der Waals surface area contributed by atoms with E-state index in [9.17, 15) is 14.4 Å². The Balaban J connectivity index is 1.67. The molecule has 2 amide bonds. The number of carbonyl (C=O) groups excluding carboxylic acids is 2. The molecule has 2 fully saturated rings. The second-order valence-corrected chi connectivity index (χ2v) is 6.78. The fourth-order valence-electron chi connectivity index (χ4n) is 3.38. The lowest BCUT2D eigenvalue weighted by Crippen LogP contribution is -2.45. The van der Waals surface area contributed by atoms with Gasteiger partial charge in [0.25, 0.3) is 0 Å². The van der Waals surface area contributed by atoms with E-state index in [1.807, 2.05) is 0 Å². The molecule has 128 valence electrons. The number of carboxylic acids is 1. The predicted octanol–water partition coefficient (Wildman–Crippen LogP) is 2.02. The van der Waals surface area contributed by atoms with Crippen molar-refractivity contribution in [3.05, 3.63) is 29.3 Å². The van der Waals surface area contributed by atoms with Crippen LogP contribution in [0.1, 0.15) is 19.3 Å². The molecular formula is C17H19ClN2O4. The first-order valence-electron chi connectivity index (χ1n) is 8.03. The van der Waals surface area contributed by atoms with Crippen LogP contribution in [0.15, 0.2) is 24.3 Å². The van der Waals surface area contributed by atoms with Crippen LogP contribution in [0.5, 0.6) is 0 Å². The SMILES string of the molecule is O=C(O)[C@H]1CCCN(C(=O)C2CC(=O)N(c3ccc(Cl)cc3)C2)C1. The highest BCUT2D eigenvalue weighted by Gasteiger charge is 2.39. The standard InChI is InChI=1S/C17H19ClN2O4/c18-13-3-5-14(6-4-13)20-10-12(8-15(20)21)16(22)19-7-1-2-11(9-19)17(23)24/h3-6,11-12H,1-2,7-10H2,(H,23,24)/t11-,12?/m0/s1. The Labute approximate surface area is 145 Å². The van der Waals surface area contributed by atoms with Crippen LogP contribution in [-0.2, 0) is 14.4 Å². The van der Waals surface area contributed by atoms with Crippen molar-refractivity contribution in [1.82, 2.24) is 4.90 Å². The summed E-state index contributed by atoms with van der Waals surface area (Å²) in [4.78, 5) is 39.3. The highest BCUT2D eigenvalue weighted by molar-refractivity contribution is 6.30. The van der Waals surface area contributed by atoms with Crippen molar-refractivity contribution >= 4 is 35.1 Å². The lowest BCUT2D eigenvalue weighted by molar-refractivity contribution is -0.146. The molecule has 2 aliphatic heterocycles. The molecule has 0 aliphatic carbocycles. The molecule has 1 aromatic rings. The van der Waals surface area contributed by atoms with Crippen LogP contribution in [0.2, 0.25) is 5.02 Å². The Morgan fingerprint density at radius 2 is 1.83 bits per heavy atom. The average Bonchev–Trinajstić information content (AvgIpc) is 2.97. The first-order chi connectivity index (χ1) is 11.5. The number of benzene rings is 1. The summed E-state index contributed by atoms with van der Waals surface area (Å²) in [5.74, 6) is -2.00. The van der Waals surface area contributed by atoms with Crippen LogP contribution in [0, 0.1) is 11.8 Å². The maximum atomic E-state index is 12.7. The second kappa shape index (κ2) is 6.81. The third-order valence-electron chi connectivity index (χ3n) is 4.69. The van der Waals surface area contributed by atoms with Crippen molar-refractivity contribution in [2.75, 3.05) is 24.5 Å². The number of carboxylic acid groups (broad SMARTS) is 1. The zero-order chi connectivity index (χ0) is 17.3. The van der Waals surface area contributed by atoms with E-state index >= 15 is 0 Å². The van der Waals surface area contributed by atoms with Gasteiger partial charge < -0.3 is 14.9 Å². The van der Waals surface area contributed by atoms with Gasteiger partial charge >= 0.3 is 5.97 Å². The normalized spacial score (nSPS) is 24.3. The smallest absolute Gasteiger partial charge is 0.308 e. The largest absolute Gasteiger partial charge is 0.481 e. The summed E-state index contributed by atoms with van der Waals surface area (Å²) in [5, 5.41) is 9.74. The first kappa shape index (κ1) is 16.8. The second-order valence-electron chi connectivity index (χ2n) is 6.34. The Hall–Kier alpha value is -2.08. The monoisotopic (exact) mass is 350 g/mol. The number of likely N-dealkylation sites (tertiary alicyclic amines) is 1. The summed E-state index contributed by atoms with van der Waals surface area (Å²) in [6.07, 6.45) is 1.44. The molecule has 0 radical (unpaired) electrons. The number of hydrogen-bond acceptors (Lipinski definition) is 3. The third-order valence-corrected chi connectivity index (χ3v) is 4.95. The molecule has 6 nitrogen and oxygen atoms in total. The van der Waals surface area contributed by atoms with Crippen LogP contribution in [0.25, 0.3) is 0 Å². The zero-order valence-corrected chi connectivity index (χ0v) is 13.9. The van der Waals surface area contributed by atoms with Crippen molar-refractivity contribution in [2.45, 2.75) is 19.3 Å². The van der Waals surface area contributed by atoms with E-state index in [1.54, 1.807) is 34.1 Å². The number of carbonyl (C=O) groups is 3. The number of piperidine rings is 1. The predicted molar refractivity (Wildman–Crippen MR) is 88.9 cm³/mol. The number of hydrogen-bond donors (Lipinski definition) is 1.